The minimum atomic E-state index is -0.519. The Bertz CT molecular complexity index is 877. The Morgan fingerprint density at radius 2 is 1.86 bits per heavy atom. The number of nitrogens with zero attached hydrogens (tertiary/aromatic N) is 3. The van der Waals surface area contributed by atoms with Gasteiger partial charge in [0.2, 0.25) is 5.91 Å². The Hall–Kier alpha value is -2.83. The second-order valence-electron chi connectivity index (χ2n) is 7.96. The summed E-state index contributed by atoms with van der Waals surface area (Å²) in [5, 5.41) is 2.85. The molecule has 2 heterocycles. The molecular weight excluding hydrogens is 371 g/mol. The predicted molar refractivity (Wildman–Crippen MR) is 110 cm³/mol. The third kappa shape index (κ3) is 4.44. The zero-order valence-corrected chi connectivity index (χ0v) is 17.4. The van der Waals surface area contributed by atoms with Crippen LogP contribution in [0.3, 0.4) is 0 Å². The third-order valence-corrected chi connectivity index (χ3v) is 5.16. The predicted octanol–water partition coefficient (Wildman–Crippen LogP) is 3.39. The van der Waals surface area contributed by atoms with Crippen molar-refractivity contribution in [1.82, 2.24) is 19.7 Å². The number of rotatable bonds is 5. The lowest BCUT2D eigenvalue weighted by Crippen LogP contribution is -2.52. The van der Waals surface area contributed by atoms with Gasteiger partial charge in [-0.05, 0) is 45.9 Å². The second-order valence-corrected chi connectivity index (χ2v) is 7.96. The van der Waals surface area contributed by atoms with Gasteiger partial charge in [0.15, 0.2) is 0 Å². The maximum atomic E-state index is 14.7. The van der Waals surface area contributed by atoms with E-state index in [2.05, 4.69) is 5.32 Å². The van der Waals surface area contributed by atoms with Gasteiger partial charge in [-0.25, -0.2) is 9.18 Å². The van der Waals surface area contributed by atoms with Crippen molar-refractivity contribution in [3.63, 3.8) is 0 Å². The van der Waals surface area contributed by atoms with Crippen LogP contribution in [0, 0.1) is 5.82 Å². The topological polar surface area (TPSA) is 57.6 Å². The van der Waals surface area contributed by atoms with Gasteiger partial charge in [0, 0.05) is 42.6 Å². The molecule has 1 unspecified atom stereocenters. The van der Waals surface area contributed by atoms with E-state index in [4.69, 9.17) is 0 Å². The second kappa shape index (κ2) is 8.68. The molecule has 1 aliphatic heterocycles. The van der Waals surface area contributed by atoms with Crippen LogP contribution in [0.25, 0.3) is 0 Å². The van der Waals surface area contributed by atoms with E-state index in [0.717, 1.165) is 5.69 Å². The first-order valence-electron chi connectivity index (χ1n) is 10.1. The number of carbonyl (C=O) groups excluding carboxylic acids is 2. The van der Waals surface area contributed by atoms with E-state index in [0.29, 0.717) is 18.7 Å². The minimum Gasteiger partial charge on any atom is -0.348 e. The molecule has 2 aromatic rings. The van der Waals surface area contributed by atoms with Crippen LogP contribution in [0.4, 0.5) is 9.18 Å². The van der Waals surface area contributed by atoms with Crippen LogP contribution in [0.5, 0.6) is 0 Å². The number of hydrogen-bond acceptors (Lipinski definition) is 2. The highest BCUT2D eigenvalue weighted by molar-refractivity contribution is 5.85. The smallest absolute Gasteiger partial charge is 0.318 e. The summed E-state index contributed by atoms with van der Waals surface area (Å²) in [7, 11) is 0. The van der Waals surface area contributed by atoms with Crippen molar-refractivity contribution in [3.05, 3.63) is 59.7 Å². The summed E-state index contributed by atoms with van der Waals surface area (Å²) >= 11 is 0. The van der Waals surface area contributed by atoms with Crippen LogP contribution in [-0.2, 0) is 11.3 Å². The molecule has 0 fully saturated rings. The monoisotopic (exact) mass is 400 g/mol. The molecule has 3 amide bonds. The lowest BCUT2D eigenvalue weighted by Gasteiger charge is -2.39. The maximum Gasteiger partial charge on any atom is 0.318 e. The Kier molecular flexibility index (Phi) is 6.25. The molecule has 0 radical (unpaired) electrons. The highest BCUT2D eigenvalue weighted by Crippen LogP contribution is 2.33. The summed E-state index contributed by atoms with van der Waals surface area (Å²) < 4.78 is 16.7. The summed E-state index contributed by atoms with van der Waals surface area (Å²) in [6.45, 7) is 8.56. The van der Waals surface area contributed by atoms with Crippen LogP contribution in [0.2, 0.25) is 0 Å². The number of carbonyl (C=O) groups is 2. The van der Waals surface area contributed by atoms with Gasteiger partial charge in [-0.3, -0.25) is 4.79 Å². The lowest BCUT2D eigenvalue weighted by atomic mass is 9.99. The van der Waals surface area contributed by atoms with Crippen molar-refractivity contribution in [2.75, 3.05) is 13.1 Å². The van der Waals surface area contributed by atoms with Crippen LogP contribution in [0.15, 0.2) is 42.6 Å². The zero-order valence-electron chi connectivity index (χ0n) is 17.4. The molecule has 0 bridgehead atoms. The molecule has 3 rings (SSSR count). The van der Waals surface area contributed by atoms with E-state index in [9.17, 15) is 14.0 Å². The highest BCUT2D eigenvalue weighted by Gasteiger charge is 2.35. The molecule has 1 aromatic carbocycles. The van der Waals surface area contributed by atoms with Crippen molar-refractivity contribution in [1.29, 1.82) is 0 Å². The van der Waals surface area contributed by atoms with Gasteiger partial charge in [0.1, 0.15) is 18.4 Å². The number of fused-ring (bicyclic) bond motifs is 1. The Morgan fingerprint density at radius 3 is 2.52 bits per heavy atom. The number of hydrogen-bond donors (Lipinski definition) is 1. The molecule has 0 saturated carbocycles. The molecule has 0 spiro atoms. The van der Waals surface area contributed by atoms with Crippen LogP contribution in [-0.4, -0.2) is 51.5 Å². The summed E-state index contributed by atoms with van der Waals surface area (Å²) in [6.07, 6.45) is 1.95. The van der Waals surface area contributed by atoms with Gasteiger partial charge in [0.05, 0.1) is 0 Å². The van der Waals surface area contributed by atoms with E-state index in [1.165, 1.54) is 11.0 Å². The van der Waals surface area contributed by atoms with Gasteiger partial charge < -0.3 is 19.7 Å². The number of amides is 3. The van der Waals surface area contributed by atoms with Gasteiger partial charge in [0.25, 0.3) is 0 Å². The molecule has 7 heteroatoms. The molecule has 0 saturated heterocycles. The summed E-state index contributed by atoms with van der Waals surface area (Å²) in [6, 6.07) is 9.42. The summed E-state index contributed by atoms with van der Waals surface area (Å²) in [5.41, 5.74) is 1.33. The normalized spacial score (nSPS) is 16.1. The number of benzene rings is 1. The molecule has 0 aliphatic carbocycles. The van der Waals surface area contributed by atoms with Gasteiger partial charge in [-0.15, -0.1) is 0 Å². The quantitative estimate of drug-likeness (QED) is 0.836. The fourth-order valence-electron chi connectivity index (χ4n) is 3.73. The van der Waals surface area contributed by atoms with Crippen LogP contribution >= 0.6 is 0 Å². The maximum absolute atomic E-state index is 14.7. The van der Waals surface area contributed by atoms with Gasteiger partial charge in [-0.1, -0.05) is 18.2 Å². The van der Waals surface area contributed by atoms with E-state index in [1.54, 1.807) is 23.1 Å². The average molecular weight is 400 g/mol. The van der Waals surface area contributed by atoms with Crippen molar-refractivity contribution < 1.29 is 14.0 Å². The first kappa shape index (κ1) is 20.9. The zero-order chi connectivity index (χ0) is 21.1. The fraction of sp³-hybridized carbons (Fsp3) is 0.455. The minimum absolute atomic E-state index is 0.0247. The van der Waals surface area contributed by atoms with Gasteiger partial charge in [-0.2, -0.15) is 0 Å². The van der Waals surface area contributed by atoms with Crippen molar-refractivity contribution >= 4 is 11.9 Å². The molecular formula is C22H29FN4O2. The number of urea groups is 1. The van der Waals surface area contributed by atoms with Crippen molar-refractivity contribution in [2.45, 2.75) is 52.4 Å². The fourth-order valence-corrected chi connectivity index (χ4v) is 3.73. The van der Waals surface area contributed by atoms with Crippen molar-refractivity contribution in [3.8, 4) is 0 Å². The van der Waals surface area contributed by atoms with E-state index in [1.807, 2.05) is 50.6 Å². The van der Waals surface area contributed by atoms with E-state index < -0.39 is 6.04 Å². The molecule has 6 nitrogen and oxygen atoms in total. The van der Waals surface area contributed by atoms with Crippen molar-refractivity contribution in [2.24, 2.45) is 0 Å². The molecule has 29 heavy (non-hydrogen) atoms. The summed E-state index contributed by atoms with van der Waals surface area (Å²) in [5.74, 6) is -0.540. The van der Waals surface area contributed by atoms with Crippen LogP contribution in [0.1, 0.15) is 45.0 Å². The van der Waals surface area contributed by atoms with Crippen LogP contribution < -0.4 is 5.32 Å². The molecule has 1 N–H and O–H groups in total. The standard InChI is InChI=1S/C22H29FN4O2/c1-15(2)24-22(29)27(16(3)4)14-20(28)26-13-12-25-11-7-10-19(25)21(26)17-8-5-6-9-18(17)23/h5-11,15-16,21H,12-14H2,1-4H3,(H,24,29). The highest BCUT2D eigenvalue weighted by atomic mass is 19.1. The van der Waals surface area contributed by atoms with E-state index in [-0.39, 0.29) is 36.4 Å². The lowest BCUT2D eigenvalue weighted by molar-refractivity contribution is -0.135. The number of halogens is 1. The first-order chi connectivity index (χ1) is 13.8. The molecule has 1 aliphatic rings. The van der Waals surface area contributed by atoms with E-state index >= 15 is 0 Å². The summed E-state index contributed by atoms with van der Waals surface area (Å²) in [4.78, 5) is 29.1. The Morgan fingerprint density at radius 1 is 1.14 bits per heavy atom. The SMILES string of the molecule is CC(C)NC(=O)N(CC(=O)N1CCn2cccc2C1c1ccccc1F)C(C)C. The molecule has 156 valence electrons. The third-order valence-electron chi connectivity index (χ3n) is 5.16. The Balaban J connectivity index is 1.90. The largest absolute Gasteiger partial charge is 0.348 e. The molecule has 1 atom stereocenters. The Labute approximate surface area is 171 Å². The first-order valence-corrected chi connectivity index (χ1v) is 10.1. The number of nitrogens with one attached hydrogen (secondary N) is 1. The number of aromatic nitrogens is 1. The van der Waals surface area contributed by atoms with Gasteiger partial charge >= 0.3 is 6.03 Å². The molecule has 1 aromatic heterocycles. The average Bonchev–Trinajstić information content (AvgIpc) is 3.13.